The molecule has 30 heavy (non-hydrogen) atoms. The van der Waals surface area contributed by atoms with Crippen LogP contribution in [0, 0.1) is 0 Å². The van der Waals surface area contributed by atoms with Gasteiger partial charge >= 0.3 is 11.7 Å². The van der Waals surface area contributed by atoms with Crippen molar-refractivity contribution in [3.8, 4) is 0 Å². The van der Waals surface area contributed by atoms with Crippen molar-refractivity contribution >= 4 is 23.0 Å². The Morgan fingerprint density at radius 2 is 1.80 bits per heavy atom. The van der Waals surface area contributed by atoms with Gasteiger partial charge in [-0.2, -0.15) is 0 Å². The number of hydrogen-bond acceptors (Lipinski definition) is 5. The van der Waals surface area contributed by atoms with Crippen LogP contribution in [0.1, 0.15) is 44.7 Å². The van der Waals surface area contributed by atoms with Gasteiger partial charge in [0.1, 0.15) is 0 Å². The summed E-state index contributed by atoms with van der Waals surface area (Å²) in [6, 6.07) is 16.6. The smallest absolute Gasteiger partial charge is 0.419 e. The van der Waals surface area contributed by atoms with Crippen molar-refractivity contribution in [1.29, 1.82) is 0 Å². The highest BCUT2D eigenvalue weighted by molar-refractivity contribution is 5.83. The number of amides is 1. The number of aryl methyl sites for hydroxylation is 1. The predicted octanol–water partition coefficient (Wildman–Crippen LogP) is 3.57. The third kappa shape index (κ3) is 5.17. The van der Waals surface area contributed by atoms with E-state index in [-0.39, 0.29) is 24.9 Å². The Morgan fingerprint density at radius 3 is 2.53 bits per heavy atom. The quantitative estimate of drug-likeness (QED) is 0.545. The number of hydrogen-bond donors (Lipinski definition) is 1. The van der Waals surface area contributed by atoms with Gasteiger partial charge < -0.3 is 14.5 Å². The summed E-state index contributed by atoms with van der Waals surface area (Å²) < 4.78 is 11.8. The molecule has 0 unspecified atom stereocenters. The Kier molecular flexibility index (Phi) is 7.06. The summed E-state index contributed by atoms with van der Waals surface area (Å²) in [4.78, 5) is 36.8. The number of esters is 1. The third-order valence-corrected chi connectivity index (χ3v) is 4.89. The maximum absolute atomic E-state index is 12.5. The fraction of sp³-hybridized carbons (Fsp3) is 0.348. The van der Waals surface area contributed by atoms with Crippen LogP contribution in [0.5, 0.6) is 0 Å². The molecule has 1 aromatic heterocycles. The van der Waals surface area contributed by atoms with Crippen LogP contribution in [0.2, 0.25) is 0 Å². The Labute approximate surface area is 174 Å². The highest BCUT2D eigenvalue weighted by Gasteiger charge is 2.22. The van der Waals surface area contributed by atoms with E-state index in [0.29, 0.717) is 11.1 Å². The number of oxazole rings is 1. The maximum Gasteiger partial charge on any atom is 0.419 e. The number of nitrogens with zero attached hydrogens (tertiary/aromatic N) is 1. The molecule has 3 rings (SSSR count). The second-order valence-electron chi connectivity index (χ2n) is 7.13. The number of aromatic nitrogens is 1. The Balaban J connectivity index is 1.56. The third-order valence-electron chi connectivity index (χ3n) is 4.89. The van der Waals surface area contributed by atoms with Gasteiger partial charge in [-0.3, -0.25) is 14.2 Å². The molecular formula is C23H26N2O5. The van der Waals surface area contributed by atoms with E-state index in [9.17, 15) is 14.4 Å². The lowest BCUT2D eigenvalue weighted by molar-refractivity contribution is -0.155. The van der Waals surface area contributed by atoms with Crippen LogP contribution in [-0.4, -0.2) is 22.5 Å². The lowest BCUT2D eigenvalue weighted by atomic mass is 10.0. The van der Waals surface area contributed by atoms with E-state index >= 15 is 0 Å². The molecule has 158 valence electrons. The van der Waals surface area contributed by atoms with Crippen molar-refractivity contribution in [3.63, 3.8) is 0 Å². The summed E-state index contributed by atoms with van der Waals surface area (Å²) in [5, 5.41) is 2.96. The van der Waals surface area contributed by atoms with Gasteiger partial charge in [-0.15, -0.1) is 0 Å². The molecular weight excluding hydrogens is 384 g/mol. The minimum absolute atomic E-state index is 0.0435. The standard InChI is InChI=1S/C23H26N2O5/c1-3-9-18(17-10-5-4-6-11-17)24-22(27)16(2)29-21(26)14-15-25-19-12-7-8-13-20(19)30-23(25)28/h4-8,10-13,16,18H,3,9,14-15H2,1-2H3,(H,24,27)/t16-,18+/m0/s1. The zero-order valence-electron chi connectivity index (χ0n) is 17.2. The number of rotatable bonds is 9. The van der Waals surface area contributed by atoms with Crippen LogP contribution in [0.25, 0.3) is 11.1 Å². The van der Waals surface area contributed by atoms with E-state index in [2.05, 4.69) is 5.32 Å². The van der Waals surface area contributed by atoms with E-state index < -0.39 is 17.8 Å². The van der Waals surface area contributed by atoms with Gasteiger partial charge in [-0.05, 0) is 31.0 Å². The van der Waals surface area contributed by atoms with Crippen LogP contribution in [-0.2, 0) is 20.9 Å². The molecule has 0 spiro atoms. The highest BCUT2D eigenvalue weighted by atomic mass is 16.5. The van der Waals surface area contributed by atoms with Crippen LogP contribution in [0.4, 0.5) is 0 Å². The number of nitrogens with one attached hydrogen (secondary N) is 1. The Morgan fingerprint density at radius 1 is 1.10 bits per heavy atom. The molecule has 2 aromatic carbocycles. The fourth-order valence-electron chi connectivity index (χ4n) is 3.32. The summed E-state index contributed by atoms with van der Waals surface area (Å²) in [7, 11) is 0. The molecule has 7 heteroatoms. The van der Waals surface area contributed by atoms with Crippen molar-refractivity contribution in [2.24, 2.45) is 0 Å². The van der Waals surface area contributed by atoms with Gasteiger partial charge in [0.15, 0.2) is 11.7 Å². The van der Waals surface area contributed by atoms with Crippen molar-refractivity contribution < 1.29 is 18.7 Å². The molecule has 0 aliphatic rings. The van der Waals surface area contributed by atoms with Gasteiger partial charge in [-0.25, -0.2) is 4.79 Å². The first-order chi connectivity index (χ1) is 14.5. The fourth-order valence-corrected chi connectivity index (χ4v) is 3.32. The molecule has 1 amide bonds. The van der Waals surface area contributed by atoms with Crippen LogP contribution < -0.4 is 11.1 Å². The molecule has 3 aromatic rings. The first-order valence-corrected chi connectivity index (χ1v) is 10.1. The molecule has 7 nitrogen and oxygen atoms in total. The first-order valence-electron chi connectivity index (χ1n) is 10.1. The average Bonchev–Trinajstić information content (AvgIpc) is 3.07. The van der Waals surface area contributed by atoms with Crippen LogP contribution in [0.3, 0.4) is 0 Å². The predicted molar refractivity (Wildman–Crippen MR) is 113 cm³/mol. The summed E-state index contributed by atoms with van der Waals surface area (Å²) >= 11 is 0. The van der Waals surface area contributed by atoms with Gasteiger partial charge in [0.25, 0.3) is 5.91 Å². The van der Waals surface area contributed by atoms with E-state index in [1.54, 1.807) is 31.2 Å². The van der Waals surface area contributed by atoms with Gasteiger partial charge in [0.2, 0.25) is 0 Å². The lowest BCUT2D eigenvalue weighted by Crippen LogP contribution is -2.38. The molecule has 0 aliphatic carbocycles. The molecule has 1 heterocycles. The SMILES string of the molecule is CCC[C@@H](NC(=O)[C@H](C)OC(=O)CCn1c(=O)oc2ccccc21)c1ccccc1. The number of carbonyl (C=O) groups excluding carboxylic acids is 2. The molecule has 0 saturated heterocycles. The van der Waals surface area contributed by atoms with Crippen molar-refractivity contribution in [2.75, 3.05) is 0 Å². The van der Waals surface area contributed by atoms with E-state index in [4.69, 9.17) is 9.15 Å². The normalized spacial score (nSPS) is 13.0. The monoisotopic (exact) mass is 410 g/mol. The zero-order valence-corrected chi connectivity index (χ0v) is 17.2. The number of carbonyl (C=O) groups is 2. The largest absolute Gasteiger partial charge is 0.452 e. The lowest BCUT2D eigenvalue weighted by Gasteiger charge is -2.21. The Bertz CT molecular complexity index is 1050. The molecule has 1 N–H and O–H groups in total. The average molecular weight is 410 g/mol. The molecule has 0 fully saturated rings. The summed E-state index contributed by atoms with van der Waals surface area (Å²) in [6.45, 7) is 3.71. The summed E-state index contributed by atoms with van der Waals surface area (Å²) in [6.07, 6.45) is 0.713. The van der Waals surface area contributed by atoms with Crippen molar-refractivity contribution in [1.82, 2.24) is 9.88 Å². The van der Waals surface area contributed by atoms with Gasteiger partial charge in [-0.1, -0.05) is 55.8 Å². The van der Waals surface area contributed by atoms with Crippen LogP contribution in [0.15, 0.2) is 63.8 Å². The van der Waals surface area contributed by atoms with Crippen LogP contribution >= 0.6 is 0 Å². The number of fused-ring (bicyclic) bond motifs is 1. The maximum atomic E-state index is 12.5. The number of para-hydroxylation sites is 2. The molecule has 0 bridgehead atoms. The summed E-state index contributed by atoms with van der Waals surface area (Å²) in [5.41, 5.74) is 2.09. The van der Waals surface area contributed by atoms with Crippen molar-refractivity contribution in [2.45, 2.75) is 51.8 Å². The van der Waals surface area contributed by atoms with E-state index in [1.165, 1.54) is 4.57 Å². The highest BCUT2D eigenvalue weighted by Crippen LogP contribution is 2.18. The van der Waals surface area contributed by atoms with E-state index in [0.717, 1.165) is 18.4 Å². The first kappa shape index (κ1) is 21.4. The number of ether oxygens (including phenoxy) is 1. The van der Waals surface area contributed by atoms with Gasteiger partial charge in [0.05, 0.1) is 18.0 Å². The zero-order chi connectivity index (χ0) is 21.5. The molecule has 0 saturated carbocycles. The topological polar surface area (TPSA) is 90.5 Å². The minimum Gasteiger partial charge on any atom is -0.452 e. The molecule has 0 aliphatic heterocycles. The summed E-state index contributed by atoms with van der Waals surface area (Å²) in [5.74, 6) is -1.43. The number of benzene rings is 2. The second-order valence-corrected chi connectivity index (χ2v) is 7.13. The molecule has 2 atom stereocenters. The van der Waals surface area contributed by atoms with E-state index in [1.807, 2.05) is 37.3 Å². The van der Waals surface area contributed by atoms with Gasteiger partial charge in [0, 0.05) is 6.54 Å². The molecule has 0 radical (unpaired) electrons. The van der Waals surface area contributed by atoms with Crippen molar-refractivity contribution in [3.05, 3.63) is 70.7 Å². The Hall–Kier alpha value is -3.35. The second kappa shape index (κ2) is 9.91. The minimum atomic E-state index is -0.932.